The van der Waals surface area contributed by atoms with E-state index in [1.54, 1.807) is 0 Å². The fourth-order valence-corrected chi connectivity index (χ4v) is 1.31. The van der Waals surface area contributed by atoms with Crippen molar-refractivity contribution in [3.63, 3.8) is 0 Å². The quantitative estimate of drug-likeness (QED) is 0.748. The minimum atomic E-state index is -0.388. The molecule has 0 aliphatic carbocycles. The first-order valence-corrected chi connectivity index (χ1v) is 4.07. The number of pyridine rings is 1. The van der Waals surface area contributed by atoms with E-state index in [1.165, 1.54) is 31.4 Å². The number of hydrogen-bond acceptors (Lipinski definition) is 2. The van der Waals surface area contributed by atoms with Crippen LogP contribution in [0.25, 0.3) is 10.9 Å². The largest absolute Gasteiger partial charge is 0.482 e. The molecule has 1 N–H and O–H groups in total. The maximum atomic E-state index is 12.8. The number of nitrogens with one attached hydrogen (secondary N) is 1. The van der Waals surface area contributed by atoms with Crippen molar-refractivity contribution in [2.45, 2.75) is 0 Å². The molecule has 72 valence electrons. The van der Waals surface area contributed by atoms with Crippen molar-refractivity contribution in [2.75, 3.05) is 7.11 Å². The minimum Gasteiger partial charge on any atom is -0.482 e. The number of aromatic nitrogens is 1. The zero-order valence-electron chi connectivity index (χ0n) is 7.50. The number of rotatable bonds is 1. The number of H-pyrrole nitrogens is 1. The fourth-order valence-electron chi connectivity index (χ4n) is 1.31. The van der Waals surface area contributed by atoms with E-state index < -0.39 is 0 Å². The Morgan fingerprint density at radius 3 is 2.86 bits per heavy atom. The van der Waals surface area contributed by atoms with Gasteiger partial charge in [-0.3, -0.25) is 4.79 Å². The summed E-state index contributed by atoms with van der Waals surface area (Å²) in [4.78, 5) is 14.2. The molecule has 3 nitrogen and oxygen atoms in total. The first-order chi connectivity index (χ1) is 6.70. The van der Waals surface area contributed by atoms with Crippen LogP contribution in [0.15, 0.2) is 29.1 Å². The van der Waals surface area contributed by atoms with Gasteiger partial charge in [0.2, 0.25) is 0 Å². The predicted molar refractivity (Wildman–Crippen MR) is 51.1 cm³/mol. The first kappa shape index (κ1) is 8.74. The lowest BCUT2D eigenvalue weighted by atomic mass is 10.2. The van der Waals surface area contributed by atoms with Gasteiger partial charge in [0.15, 0.2) is 11.3 Å². The summed E-state index contributed by atoms with van der Waals surface area (Å²) >= 11 is 0. The topological polar surface area (TPSA) is 42.1 Å². The third-order valence-electron chi connectivity index (χ3n) is 1.99. The Kier molecular flexibility index (Phi) is 1.96. The maximum absolute atomic E-state index is 12.8. The van der Waals surface area contributed by atoms with Gasteiger partial charge in [0.1, 0.15) is 5.82 Å². The van der Waals surface area contributed by atoms with E-state index in [-0.39, 0.29) is 11.2 Å². The maximum Gasteiger partial charge on any atom is 0.194 e. The van der Waals surface area contributed by atoms with Crippen molar-refractivity contribution < 1.29 is 9.13 Å². The van der Waals surface area contributed by atoms with Gasteiger partial charge in [0, 0.05) is 11.5 Å². The molecule has 0 unspecified atom stereocenters. The van der Waals surface area contributed by atoms with E-state index in [2.05, 4.69) is 4.98 Å². The van der Waals surface area contributed by atoms with Gasteiger partial charge in [-0.1, -0.05) is 0 Å². The first-order valence-electron chi connectivity index (χ1n) is 4.07. The molecule has 14 heavy (non-hydrogen) atoms. The van der Waals surface area contributed by atoms with Gasteiger partial charge in [0.05, 0.1) is 12.6 Å². The van der Waals surface area contributed by atoms with Gasteiger partial charge >= 0.3 is 0 Å². The van der Waals surface area contributed by atoms with E-state index >= 15 is 0 Å². The molecule has 0 aliphatic heterocycles. The molecule has 2 aromatic rings. The summed E-state index contributed by atoms with van der Waals surface area (Å²) in [5.74, 6) is -0.0606. The summed E-state index contributed by atoms with van der Waals surface area (Å²) < 4.78 is 17.7. The predicted octanol–water partition coefficient (Wildman–Crippen LogP) is 1.68. The number of halogens is 1. The van der Waals surface area contributed by atoms with Crippen LogP contribution in [0, 0.1) is 5.82 Å². The van der Waals surface area contributed by atoms with Crippen molar-refractivity contribution >= 4 is 10.9 Å². The van der Waals surface area contributed by atoms with Crippen LogP contribution in [0.1, 0.15) is 0 Å². The molecule has 0 amide bonds. The summed E-state index contributed by atoms with van der Waals surface area (Å²) in [5, 5.41) is 0.451. The van der Waals surface area contributed by atoms with Crippen LogP contribution in [0.4, 0.5) is 4.39 Å². The van der Waals surface area contributed by atoms with Crippen LogP contribution in [0.5, 0.6) is 5.88 Å². The number of ether oxygens (including phenoxy) is 1. The second-order valence-electron chi connectivity index (χ2n) is 2.89. The number of benzene rings is 1. The Hall–Kier alpha value is -1.84. The molecule has 0 aliphatic rings. The summed E-state index contributed by atoms with van der Waals surface area (Å²) in [6, 6.07) is 5.30. The van der Waals surface area contributed by atoms with Crippen molar-refractivity contribution in [1.82, 2.24) is 4.98 Å². The SMILES string of the molecule is COc1cc(=O)c2ccc(F)cc2[nH]1. The van der Waals surface area contributed by atoms with E-state index in [9.17, 15) is 9.18 Å². The third-order valence-corrected chi connectivity index (χ3v) is 1.99. The summed E-state index contributed by atoms with van der Waals surface area (Å²) in [7, 11) is 1.44. The molecule has 0 atom stereocenters. The van der Waals surface area contributed by atoms with Gasteiger partial charge in [-0.25, -0.2) is 4.39 Å². The average Bonchev–Trinajstić information content (AvgIpc) is 2.16. The van der Waals surface area contributed by atoms with Gasteiger partial charge in [-0.15, -0.1) is 0 Å². The standard InChI is InChI=1S/C10H8FNO2/c1-14-10-5-9(13)7-3-2-6(11)4-8(7)12-10/h2-5H,1H3,(H,12,13). The number of aromatic amines is 1. The Morgan fingerprint density at radius 2 is 2.14 bits per heavy atom. The molecular formula is C10H8FNO2. The summed E-state index contributed by atoms with van der Waals surface area (Å²) in [5.41, 5.74) is 0.255. The van der Waals surface area contributed by atoms with Gasteiger partial charge in [-0.05, 0) is 18.2 Å². The number of fused-ring (bicyclic) bond motifs is 1. The highest BCUT2D eigenvalue weighted by Gasteiger charge is 2.02. The van der Waals surface area contributed by atoms with E-state index in [1.807, 2.05) is 0 Å². The highest BCUT2D eigenvalue weighted by molar-refractivity contribution is 5.78. The Bertz CT molecular complexity index is 533. The molecule has 1 aromatic carbocycles. The molecule has 4 heteroatoms. The van der Waals surface area contributed by atoms with Crippen LogP contribution >= 0.6 is 0 Å². The molecule has 0 bridgehead atoms. The molecule has 2 rings (SSSR count). The van der Waals surface area contributed by atoms with E-state index in [0.717, 1.165) is 0 Å². The van der Waals surface area contributed by atoms with Crippen LogP contribution < -0.4 is 10.2 Å². The summed E-state index contributed by atoms with van der Waals surface area (Å²) in [6.45, 7) is 0. The molecule has 1 heterocycles. The molecule has 0 fully saturated rings. The van der Waals surface area contributed by atoms with Gasteiger partial charge in [-0.2, -0.15) is 0 Å². The molecular weight excluding hydrogens is 185 g/mol. The van der Waals surface area contributed by atoms with Crippen LogP contribution in [-0.4, -0.2) is 12.1 Å². The van der Waals surface area contributed by atoms with Crippen molar-refractivity contribution in [3.05, 3.63) is 40.3 Å². The van der Waals surface area contributed by atoms with Crippen molar-refractivity contribution in [2.24, 2.45) is 0 Å². The van der Waals surface area contributed by atoms with Crippen LogP contribution in [0.3, 0.4) is 0 Å². The highest BCUT2D eigenvalue weighted by Crippen LogP contribution is 2.13. The average molecular weight is 193 g/mol. The van der Waals surface area contributed by atoms with Crippen molar-refractivity contribution in [1.29, 1.82) is 0 Å². The lowest BCUT2D eigenvalue weighted by Gasteiger charge is -2.02. The second-order valence-corrected chi connectivity index (χ2v) is 2.89. The zero-order valence-corrected chi connectivity index (χ0v) is 7.50. The molecule has 0 spiro atoms. The van der Waals surface area contributed by atoms with Crippen molar-refractivity contribution in [3.8, 4) is 5.88 Å². The Morgan fingerprint density at radius 1 is 1.36 bits per heavy atom. The van der Waals surface area contributed by atoms with Gasteiger partial charge < -0.3 is 9.72 Å². The molecule has 0 saturated carbocycles. The summed E-state index contributed by atoms with van der Waals surface area (Å²) in [6.07, 6.45) is 0. The highest BCUT2D eigenvalue weighted by atomic mass is 19.1. The number of hydrogen-bond donors (Lipinski definition) is 1. The Balaban J connectivity index is 2.84. The normalized spacial score (nSPS) is 10.4. The smallest absolute Gasteiger partial charge is 0.194 e. The Labute approximate surface area is 79.1 Å². The van der Waals surface area contributed by atoms with Crippen LogP contribution in [0.2, 0.25) is 0 Å². The fraction of sp³-hybridized carbons (Fsp3) is 0.100. The zero-order chi connectivity index (χ0) is 10.1. The van der Waals surface area contributed by atoms with Gasteiger partial charge in [0.25, 0.3) is 0 Å². The minimum absolute atomic E-state index is 0.185. The third kappa shape index (κ3) is 1.35. The molecule has 1 aromatic heterocycles. The molecule has 0 saturated heterocycles. The monoisotopic (exact) mass is 193 g/mol. The van der Waals surface area contributed by atoms with Crippen LogP contribution in [-0.2, 0) is 0 Å². The molecule has 0 radical (unpaired) electrons. The van der Waals surface area contributed by atoms with E-state index in [4.69, 9.17) is 4.74 Å². The van der Waals surface area contributed by atoms with E-state index in [0.29, 0.717) is 16.8 Å². The lowest BCUT2D eigenvalue weighted by Crippen LogP contribution is -2.03. The lowest BCUT2D eigenvalue weighted by molar-refractivity contribution is 0.399. The number of methoxy groups -OCH3 is 1. The second kappa shape index (κ2) is 3.14.